The van der Waals surface area contributed by atoms with Gasteiger partial charge in [-0.05, 0) is 18.2 Å². The van der Waals surface area contributed by atoms with Gasteiger partial charge in [0.1, 0.15) is 5.75 Å². The second-order valence-corrected chi connectivity index (χ2v) is 4.59. The Hall–Kier alpha value is -0.950. The van der Waals surface area contributed by atoms with Crippen LogP contribution in [-0.4, -0.2) is 8.42 Å². The van der Waals surface area contributed by atoms with Crippen LogP contribution in [0.2, 0.25) is 0 Å². The van der Waals surface area contributed by atoms with E-state index in [0.29, 0.717) is 6.07 Å². The first-order valence-corrected chi connectivity index (χ1v) is 5.73. The molecule has 0 aromatic heterocycles. The minimum absolute atomic E-state index is 0.486. The van der Waals surface area contributed by atoms with Gasteiger partial charge in [0, 0.05) is 0 Å². The van der Waals surface area contributed by atoms with Crippen molar-refractivity contribution in [2.24, 2.45) is 0 Å². The van der Waals surface area contributed by atoms with Crippen molar-refractivity contribution in [2.75, 3.05) is 0 Å². The lowest BCUT2D eigenvalue weighted by molar-refractivity contribution is -0.137. The van der Waals surface area contributed by atoms with E-state index in [0.717, 1.165) is 18.2 Å². The third-order valence-corrected chi connectivity index (χ3v) is 1.94. The van der Waals surface area contributed by atoms with Crippen LogP contribution in [0.4, 0.5) is 13.2 Å². The molecule has 0 spiro atoms. The van der Waals surface area contributed by atoms with Gasteiger partial charge in [-0.1, -0.05) is 6.07 Å². The molecule has 0 heterocycles. The zero-order valence-corrected chi connectivity index (χ0v) is 8.53. The number of hydrogen-bond acceptors (Lipinski definition) is 3. The fraction of sp³-hybridized carbons (Fsp3) is 0.143. The van der Waals surface area contributed by atoms with Crippen molar-refractivity contribution in [2.45, 2.75) is 6.18 Å². The number of alkyl halides is 3. The van der Waals surface area contributed by atoms with Gasteiger partial charge >= 0.3 is 15.5 Å². The van der Waals surface area contributed by atoms with Crippen LogP contribution in [-0.2, 0) is 15.5 Å². The van der Waals surface area contributed by atoms with Crippen LogP contribution in [0, 0.1) is 0 Å². The van der Waals surface area contributed by atoms with Gasteiger partial charge < -0.3 is 4.18 Å². The summed E-state index contributed by atoms with van der Waals surface area (Å²) in [7, 11) is 0.368. The molecule has 0 aliphatic heterocycles. The minimum atomic E-state index is -4.56. The van der Waals surface area contributed by atoms with E-state index in [1.54, 1.807) is 0 Å². The van der Waals surface area contributed by atoms with Gasteiger partial charge in [-0.3, -0.25) is 0 Å². The molecule has 3 nitrogen and oxygen atoms in total. The van der Waals surface area contributed by atoms with Crippen molar-refractivity contribution in [3.05, 3.63) is 29.8 Å². The van der Waals surface area contributed by atoms with Crippen LogP contribution in [0.3, 0.4) is 0 Å². The molecule has 8 heteroatoms. The van der Waals surface area contributed by atoms with Crippen molar-refractivity contribution < 1.29 is 25.8 Å². The molecule has 1 rings (SSSR count). The molecule has 0 aliphatic carbocycles. The van der Waals surface area contributed by atoms with Crippen molar-refractivity contribution in [1.29, 1.82) is 0 Å². The first-order valence-electron chi connectivity index (χ1n) is 3.50. The van der Waals surface area contributed by atoms with Crippen LogP contribution >= 0.6 is 10.7 Å². The van der Waals surface area contributed by atoms with E-state index in [9.17, 15) is 21.6 Å². The lowest BCUT2D eigenvalue weighted by Gasteiger charge is -2.07. The summed E-state index contributed by atoms with van der Waals surface area (Å²) >= 11 is 0. The summed E-state index contributed by atoms with van der Waals surface area (Å²) in [6, 6.07) is 3.39. The Balaban J connectivity index is 3.04. The standard InChI is InChI=1S/C7H4ClF3O3S/c8-15(12,13)14-6-3-1-2-5(4-6)7(9,10)11/h1-4H. The van der Waals surface area contributed by atoms with Crippen LogP contribution in [0.5, 0.6) is 5.75 Å². The smallest absolute Gasteiger partial charge is 0.371 e. The Morgan fingerprint density at radius 1 is 1.27 bits per heavy atom. The van der Waals surface area contributed by atoms with E-state index in [1.165, 1.54) is 0 Å². The summed E-state index contributed by atoms with van der Waals surface area (Å²) in [6.45, 7) is 0. The number of rotatable bonds is 2. The highest BCUT2D eigenvalue weighted by Gasteiger charge is 2.30. The van der Waals surface area contributed by atoms with Crippen molar-refractivity contribution in [1.82, 2.24) is 0 Å². The predicted molar refractivity (Wildman–Crippen MR) is 46.8 cm³/mol. The largest absolute Gasteiger partial charge is 0.416 e. The molecule has 0 aliphatic rings. The number of hydrogen-bond donors (Lipinski definition) is 0. The second kappa shape index (κ2) is 3.90. The van der Waals surface area contributed by atoms with E-state index in [2.05, 4.69) is 4.18 Å². The topological polar surface area (TPSA) is 43.4 Å². The average molecular weight is 261 g/mol. The molecule has 0 amide bonds. The van der Waals surface area contributed by atoms with Crippen LogP contribution in [0.1, 0.15) is 5.56 Å². The van der Waals surface area contributed by atoms with E-state index in [-0.39, 0.29) is 0 Å². The zero-order chi connectivity index (χ0) is 11.7. The van der Waals surface area contributed by atoms with Gasteiger partial charge in [0.25, 0.3) is 0 Å². The molecule has 0 fully saturated rings. The van der Waals surface area contributed by atoms with Gasteiger partial charge in [-0.15, -0.1) is 0 Å². The summed E-state index contributed by atoms with van der Waals surface area (Å²) in [5.41, 5.74) is -1.01. The first-order chi connectivity index (χ1) is 6.68. The summed E-state index contributed by atoms with van der Waals surface area (Å²) in [6.07, 6.45) is -4.56. The summed E-state index contributed by atoms with van der Waals surface area (Å²) in [5, 5.41) is 0. The fourth-order valence-corrected chi connectivity index (χ4v) is 1.39. The Bertz CT molecular complexity index is 455. The van der Waals surface area contributed by atoms with Crippen LogP contribution in [0.15, 0.2) is 24.3 Å². The van der Waals surface area contributed by atoms with Crippen LogP contribution < -0.4 is 4.18 Å². The summed E-state index contributed by atoms with van der Waals surface area (Å²) < 4.78 is 61.4. The van der Waals surface area contributed by atoms with E-state index < -0.39 is 26.8 Å². The monoisotopic (exact) mass is 260 g/mol. The third-order valence-electron chi connectivity index (χ3n) is 1.36. The quantitative estimate of drug-likeness (QED) is 0.768. The SMILES string of the molecule is O=S(=O)(Cl)Oc1cccc(C(F)(F)F)c1. The lowest BCUT2D eigenvalue weighted by atomic mass is 10.2. The molecular formula is C7H4ClF3O3S. The Kier molecular flexibility index (Phi) is 3.15. The minimum Gasteiger partial charge on any atom is -0.371 e. The number of halogens is 4. The highest BCUT2D eigenvalue weighted by molar-refractivity contribution is 8.10. The molecule has 0 bridgehead atoms. The van der Waals surface area contributed by atoms with Crippen molar-refractivity contribution >= 4 is 20.0 Å². The Morgan fingerprint density at radius 3 is 2.33 bits per heavy atom. The third kappa shape index (κ3) is 3.96. The summed E-state index contributed by atoms with van der Waals surface area (Å²) in [4.78, 5) is 0. The van der Waals surface area contributed by atoms with Gasteiger partial charge in [-0.2, -0.15) is 21.6 Å². The Morgan fingerprint density at radius 2 is 1.87 bits per heavy atom. The van der Waals surface area contributed by atoms with Crippen LogP contribution in [0.25, 0.3) is 0 Å². The maximum absolute atomic E-state index is 12.2. The molecule has 0 radical (unpaired) electrons. The molecule has 15 heavy (non-hydrogen) atoms. The predicted octanol–water partition coefficient (Wildman–Crippen LogP) is 2.57. The van der Waals surface area contributed by atoms with E-state index in [1.807, 2.05) is 0 Å². The normalized spacial score (nSPS) is 12.5. The maximum Gasteiger partial charge on any atom is 0.416 e. The highest BCUT2D eigenvalue weighted by atomic mass is 35.7. The molecule has 1 aromatic carbocycles. The molecule has 0 atom stereocenters. The molecule has 0 saturated heterocycles. The maximum atomic E-state index is 12.2. The molecule has 84 valence electrons. The first kappa shape index (κ1) is 12.1. The van der Waals surface area contributed by atoms with E-state index in [4.69, 9.17) is 10.7 Å². The molecule has 0 saturated carbocycles. The van der Waals surface area contributed by atoms with Crippen molar-refractivity contribution in [3.63, 3.8) is 0 Å². The summed E-state index contributed by atoms with van der Waals surface area (Å²) in [5.74, 6) is -0.486. The lowest BCUT2D eigenvalue weighted by Crippen LogP contribution is -2.06. The number of benzene rings is 1. The van der Waals surface area contributed by atoms with E-state index >= 15 is 0 Å². The molecular weight excluding hydrogens is 257 g/mol. The second-order valence-electron chi connectivity index (χ2n) is 2.50. The van der Waals surface area contributed by atoms with Crippen molar-refractivity contribution in [3.8, 4) is 5.75 Å². The molecule has 1 aromatic rings. The highest BCUT2D eigenvalue weighted by Crippen LogP contribution is 2.31. The van der Waals surface area contributed by atoms with Gasteiger partial charge in [0.2, 0.25) is 0 Å². The fourth-order valence-electron chi connectivity index (χ4n) is 0.839. The van der Waals surface area contributed by atoms with Gasteiger partial charge in [-0.25, -0.2) is 0 Å². The Labute approximate surface area is 88.0 Å². The average Bonchev–Trinajstić information content (AvgIpc) is 1.99. The van der Waals surface area contributed by atoms with Gasteiger partial charge in [0.05, 0.1) is 16.2 Å². The van der Waals surface area contributed by atoms with Gasteiger partial charge in [0.15, 0.2) is 0 Å². The molecule has 0 unspecified atom stereocenters. The molecule has 0 N–H and O–H groups in total. The zero-order valence-electron chi connectivity index (χ0n) is 6.95.